The Morgan fingerprint density at radius 2 is 1.73 bits per heavy atom. The summed E-state index contributed by atoms with van der Waals surface area (Å²) in [6, 6.07) is 20.6. The van der Waals surface area contributed by atoms with E-state index in [0.717, 1.165) is 22.4 Å². The molecule has 0 aliphatic carbocycles. The molecule has 1 heterocycles. The Balaban J connectivity index is 1.49. The predicted octanol–water partition coefficient (Wildman–Crippen LogP) is 6.04. The first-order valence-electron chi connectivity index (χ1n) is 11.2. The number of benzene rings is 3. The first kappa shape index (κ1) is 25.8. The molecule has 4 aromatic rings. The van der Waals surface area contributed by atoms with Crippen LogP contribution in [0, 0.1) is 0 Å². The van der Waals surface area contributed by atoms with Gasteiger partial charge in [-0.05, 0) is 59.6 Å². The van der Waals surface area contributed by atoms with Crippen LogP contribution in [0.15, 0.2) is 84.2 Å². The average molecular weight is 525 g/mol. The van der Waals surface area contributed by atoms with Crippen molar-refractivity contribution in [3.8, 4) is 22.8 Å². The molecule has 190 valence electrons. The Bertz CT molecular complexity index is 1400. The van der Waals surface area contributed by atoms with Crippen molar-refractivity contribution in [3.05, 3.63) is 90.3 Å². The van der Waals surface area contributed by atoms with Gasteiger partial charge in [0.2, 0.25) is 0 Å². The van der Waals surface area contributed by atoms with E-state index in [4.69, 9.17) is 18.0 Å². The summed E-state index contributed by atoms with van der Waals surface area (Å²) < 4.78 is 42.4. The average Bonchev–Trinajstić information content (AvgIpc) is 3.34. The monoisotopic (exact) mass is 524 g/mol. The van der Waals surface area contributed by atoms with E-state index in [9.17, 15) is 13.2 Å². The molecule has 11 heteroatoms. The Morgan fingerprint density at radius 3 is 2.35 bits per heavy atom. The Morgan fingerprint density at radius 1 is 1.05 bits per heavy atom. The van der Waals surface area contributed by atoms with Crippen molar-refractivity contribution in [2.24, 2.45) is 10.8 Å². The van der Waals surface area contributed by atoms with Gasteiger partial charge in [-0.3, -0.25) is 0 Å². The summed E-state index contributed by atoms with van der Waals surface area (Å²) in [5.74, 6) is 0.409. The van der Waals surface area contributed by atoms with Crippen molar-refractivity contribution in [1.29, 1.82) is 0 Å². The zero-order valence-electron chi connectivity index (χ0n) is 19.9. The van der Waals surface area contributed by atoms with E-state index < -0.39 is 6.36 Å². The van der Waals surface area contributed by atoms with Crippen LogP contribution >= 0.6 is 12.2 Å². The number of ether oxygens (including phenoxy) is 1. The van der Waals surface area contributed by atoms with Gasteiger partial charge in [0.15, 0.2) is 10.9 Å². The number of halogens is 3. The number of hydrogen-bond acceptors (Lipinski definition) is 5. The van der Waals surface area contributed by atoms with Gasteiger partial charge in [-0.2, -0.15) is 5.10 Å². The topological polar surface area (TPSA) is 81.6 Å². The van der Waals surface area contributed by atoms with Gasteiger partial charge < -0.3 is 10.5 Å². The lowest BCUT2D eigenvalue weighted by atomic mass is 10.0. The second kappa shape index (κ2) is 10.8. The molecule has 0 fully saturated rings. The molecule has 0 aliphatic heterocycles. The zero-order chi connectivity index (χ0) is 26.6. The predicted molar refractivity (Wildman–Crippen MR) is 141 cm³/mol. The number of hydrazone groups is 1. The molecule has 37 heavy (non-hydrogen) atoms. The fourth-order valence-corrected chi connectivity index (χ4v) is 3.71. The SMILES string of the molecule is CC(C)c1ccccc1N(/N=C/c1ccc(-c2ncn(-c3ccc(OC(F)(F)F)cc3)n2)cc1)C(N)=S. The molecule has 1 aromatic heterocycles. The van der Waals surface area contributed by atoms with E-state index >= 15 is 0 Å². The van der Waals surface area contributed by atoms with E-state index in [-0.39, 0.29) is 16.8 Å². The lowest BCUT2D eigenvalue weighted by molar-refractivity contribution is -0.274. The van der Waals surface area contributed by atoms with Crippen LogP contribution < -0.4 is 15.5 Å². The highest BCUT2D eigenvalue weighted by atomic mass is 32.1. The summed E-state index contributed by atoms with van der Waals surface area (Å²) in [4.78, 5) is 4.30. The van der Waals surface area contributed by atoms with Crippen molar-refractivity contribution in [2.75, 3.05) is 5.01 Å². The summed E-state index contributed by atoms with van der Waals surface area (Å²) in [5.41, 5.74) is 9.96. The van der Waals surface area contributed by atoms with Crippen LogP contribution in [-0.2, 0) is 0 Å². The summed E-state index contributed by atoms with van der Waals surface area (Å²) in [5, 5.41) is 10.6. The first-order chi connectivity index (χ1) is 17.6. The standard InChI is InChI=1S/C26H23F3N6OS/c1-17(2)22-5-3-4-6-23(22)35(25(30)37)32-15-18-7-9-19(10-8-18)24-31-16-34(33-24)20-11-13-21(14-12-20)36-26(27,28)29/h3-17H,1-2H3,(H2,30,37)/b32-15+. The molecule has 0 spiro atoms. The van der Waals surface area contributed by atoms with Gasteiger partial charge in [0.1, 0.15) is 12.1 Å². The number of anilines is 1. The molecule has 0 amide bonds. The maximum absolute atomic E-state index is 12.4. The first-order valence-corrected chi connectivity index (χ1v) is 11.6. The number of nitrogens with zero attached hydrogens (tertiary/aromatic N) is 5. The number of nitrogens with two attached hydrogens (primary N) is 1. The third-order valence-electron chi connectivity index (χ3n) is 5.31. The van der Waals surface area contributed by atoms with Crippen LogP contribution in [0.3, 0.4) is 0 Å². The van der Waals surface area contributed by atoms with Gasteiger partial charge in [-0.1, -0.05) is 56.3 Å². The fraction of sp³-hybridized carbons (Fsp3) is 0.154. The molecule has 3 aromatic carbocycles. The van der Waals surface area contributed by atoms with Crippen molar-refractivity contribution in [3.63, 3.8) is 0 Å². The van der Waals surface area contributed by atoms with Gasteiger partial charge in [-0.25, -0.2) is 14.7 Å². The van der Waals surface area contributed by atoms with Crippen LogP contribution in [0.4, 0.5) is 18.9 Å². The molecular weight excluding hydrogens is 501 g/mol. The molecule has 0 atom stereocenters. The lowest BCUT2D eigenvalue weighted by Crippen LogP contribution is -2.31. The number of aromatic nitrogens is 3. The quantitative estimate of drug-likeness (QED) is 0.180. The van der Waals surface area contributed by atoms with Crippen LogP contribution in [0.2, 0.25) is 0 Å². The van der Waals surface area contributed by atoms with Crippen molar-refractivity contribution < 1.29 is 17.9 Å². The van der Waals surface area contributed by atoms with E-state index in [0.29, 0.717) is 11.5 Å². The number of para-hydroxylation sites is 1. The molecule has 0 bridgehead atoms. The van der Waals surface area contributed by atoms with Gasteiger partial charge >= 0.3 is 6.36 Å². The highest BCUT2D eigenvalue weighted by molar-refractivity contribution is 7.80. The highest BCUT2D eigenvalue weighted by Crippen LogP contribution is 2.28. The summed E-state index contributed by atoms with van der Waals surface area (Å²) in [6.07, 6.45) is -1.60. The summed E-state index contributed by atoms with van der Waals surface area (Å²) in [7, 11) is 0. The van der Waals surface area contributed by atoms with Crippen LogP contribution in [-0.4, -0.2) is 32.5 Å². The molecule has 0 saturated carbocycles. The highest BCUT2D eigenvalue weighted by Gasteiger charge is 2.31. The van der Waals surface area contributed by atoms with Gasteiger partial charge in [-0.15, -0.1) is 18.3 Å². The largest absolute Gasteiger partial charge is 0.573 e. The smallest absolute Gasteiger partial charge is 0.406 e. The number of hydrogen-bond donors (Lipinski definition) is 1. The maximum Gasteiger partial charge on any atom is 0.573 e. The van der Waals surface area contributed by atoms with Gasteiger partial charge in [0, 0.05) is 5.56 Å². The molecule has 0 aliphatic rings. The molecule has 0 unspecified atom stereocenters. The minimum atomic E-state index is -4.74. The second-order valence-corrected chi connectivity index (χ2v) is 8.70. The van der Waals surface area contributed by atoms with Gasteiger partial charge in [0.25, 0.3) is 0 Å². The molecule has 0 radical (unpaired) electrons. The minimum absolute atomic E-state index is 0.133. The van der Waals surface area contributed by atoms with Crippen molar-refractivity contribution in [2.45, 2.75) is 26.1 Å². The molecular formula is C26H23F3N6OS. The van der Waals surface area contributed by atoms with E-state index in [1.54, 1.807) is 6.21 Å². The van der Waals surface area contributed by atoms with E-state index in [2.05, 4.69) is 33.8 Å². The molecule has 2 N–H and O–H groups in total. The maximum atomic E-state index is 12.4. The van der Waals surface area contributed by atoms with Crippen LogP contribution in [0.25, 0.3) is 17.1 Å². The van der Waals surface area contributed by atoms with Crippen LogP contribution in [0.5, 0.6) is 5.75 Å². The van der Waals surface area contributed by atoms with E-state index in [1.807, 2.05) is 48.5 Å². The van der Waals surface area contributed by atoms with Crippen molar-refractivity contribution in [1.82, 2.24) is 14.8 Å². The third kappa shape index (κ3) is 6.50. The summed E-state index contributed by atoms with van der Waals surface area (Å²) >= 11 is 5.23. The Labute approximate surface area is 217 Å². The Kier molecular flexibility index (Phi) is 7.53. The third-order valence-corrected chi connectivity index (χ3v) is 5.49. The lowest BCUT2D eigenvalue weighted by Gasteiger charge is -2.21. The fourth-order valence-electron chi connectivity index (χ4n) is 3.57. The Hall–Kier alpha value is -4.25. The minimum Gasteiger partial charge on any atom is -0.406 e. The molecule has 0 saturated heterocycles. The number of alkyl halides is 3. The zero-order valence-corrected chi connectivity index (χ0v) is 20.7. The number of thiocarbonyl (C=S) groups is 1. The van der Waals surface area contributed by atoms with Gasteiger partial charge in [0.05, 0.1) is 17.6 Å². The van der Waals surface area contributed by atoms with Crippen molar-refractivity contribution >= 4 is 29.2 Å². The van der Waals surface area contributed by atoms with Crippen LogP contribution in [0.1, 0.15) is 30.9 Å². The normalized spacial score (nSPS) is 11.7. The number of rotatable bonds is 7. The van der Waals surface area contributed by atoms with E-state index in [1.165, 1.54) is 40.3 Å². The molecule has 4 rings (SSSR count). The molecule has 7 nitrogen and oxygen atoms in total. The summed E-state index contributed by atoms with van der Waals surface area (Å²) in [6.45, 7) is 4.18. The second-order valence-electron chi connectivity index (χ2n) is 8.28.